The molecule has 19 heavy (non-hydrogen) atoms. The molecule has 1 aromatic carbocycles. The van der Waals surface area contributed by atoms with Crippen molar-refractivity contribution in [2.75, 3.05) is 0 Å². The first-order valence-electron chi connectivity index (χ1n) is 5.42. The zero-order chi connectivity index (χ0) is 14.0. The summed E-state index contributed by atoms with van der Waals surface area (Å²) in [6.07, 6.45) is 0. The van der Waals surface area contributed by atoms with Crippen LogP contribution in [0.15, 0.2) is 34.8 Å². The van der Waals surface area contributed by atoms with Crippen LogP contribution in [0.5, 0.6) is 5.75 Å². The molecule has 1 unspecified atom stereocenters. The molecular formula is C13H10BrClF2OS. The van der Waals surface area contributed by atoms with Gasteiger partial charge in [0.05, 0.1) is 5.38 Å². The van der Waals surface area contributed by atoms with Crippen molar-refractivity contribution >= 4 is 38.9 Å². The zero-order valence-electron chi connectivity index (χ0n) is 9.87. The van der Waals surface area contributed by atoms with Gasteiger partial charge in [0.1, 0.15) is 5.75 Å². The van der Waals surface area contributed by atoms with E-state index in [1.807, 2.05) is 13.0 Å². The van der Waals surface area contributed by atoms with Gasteiger partial charge in [0.2, 0.25) is 0 Å². The molecule has 2 rings (SSSR count). The average Bonchev–Trinajstić information content (AvgIpc) is 2.68. The fraction of sp³-hybridized carbons (Fsp3) is 0.231. The van der Waals surface area contributed by atoms with Crippen LogP contribution >= 0.6 is 38.9 Å². The minimum Gasteiger partial charge on any atom is -0.435 e. The molecule has 0 amide bonds. The number of benzene rings is 1. The number of aryl methyl sites for hydroxylation is 1. The Balaban J connectivity index is 2.25. The quantitative estimate of drug-likeness (QED) is 0.625. The lowest BCUT2D eigenvalue weighted by Gasteiger charge is -2.10. The van der Waals surface area contributed by atoms with Crippen molar-refractivity contribution in [2.45, 2.75) is 18.9 Å². The SMILES string of the molecule is Cc1sc(C(Cl)c2cccc(OC(F)F)c2)cc1Br. The molecule has 0 fully saturated rings. The molecular weight excluding hydrogens is 358 g/mol. The molecule has 0 saturated carbocycles. The van der Waals surface area contributed by atoms with Gasteiger partial charge in [0.25, 0.3) is 0 Å². The van der Waals surface area contributed by atoms with Crippen molar-refractivity contribution in [1.82, 2.24) is 0 Å². The van der Waals surface area contributed by atoms with E-state index in [2.05, 4.69) is 20.7 Å². The van der Waals surface area contributed by atoms with Gasteiger partial charge in [-0.2, -0.15) is 8.78 Å². The van der Waals surface area contributed by atoms with Crippen LogP contribution in [0.25, 0.3) is 0 Å². The highest BCUT2D eigenvalue weighted by atomic mass is 79.9. The van der Waals surface area contributed by atoms with Crippen LogP contribution < -0.4 is 4.74 Å². The van der Waals surface area contributed by atoms with Gasteiger partial charge in [-0.05, 0) is 46.6 Å². The maximum Gasteiger partial charge on any atom is 0.387 e. The summed E-state index contributed by atoms with van der Waals surface area (Å²) in [6.45, 7) is -0.847. The second kappa shape index (κ2) is 6.20. The summed E-state index contributed by atoms with van der Waals surface area (Å²) in [5.74, 6) is 0.116. The van der Waals surface area contributed by atoms with E-state index in [1.54, 1.807) is 23.5 Å². The molecule has 0 aliphatic rings. The number of hydrogen-bond acceptors (Lipinski definition) is 2. The van der Waals surface area contributed by atoms with Gasteiger partial charge < -0.3 is 4.74 Å². The molecule has 0 aliphatic heterocycles. The Hall–Kier alpha value is -0.650. The molecule has 102 valence electrons. The third-order valence-corrected chi connectivity index (χ3v) is 5.32. The van der Waals surface area contributed by atoms with E-state index in [0.717, 1.165) is 19.8 Å². The number of rotatable bonds is 4. The Morgan fingerprint density at radius 1 is 1.32 bits per heavy atom. The maximum atomic E-state index is 12.2. The van der Waals surface area contributed by atoms with E-state index in [4.69, 9.17) is 11.6 Å². The highest BCUT2D eigenvalue weighted by molar-refractivity contribution is 9.10. The number of alkyl halides is 3. The van der Waals surface area contributed by atoms with Crippen LogP contribution in [0.4, 0.5) is 8.78 Å². The summed E-state index contributed by atoms with van der Waals surface area (Å²) < 4.78 is 29.7. The Morgan fingerprint density at radius 2 is 2.05 bits per heavy atom. The normalized spacial score (nSPS) is 12.7. The van der Waals surface area contributed by atoms with Crippen molar-refractivity contribution in [3.05, 3.63) is 50.1 Å². The highest BCUT2D eigenvalue weighted by Gasteiger charge is 2.16. The van der Waals surface area contributed by atoms with E-state index >= 15 is 0 Å². The summed E-state index contributed by atoms with van der Waals surface area (Å²) >= 11 is 11.4. The summed E-state index contributed by atoms with van der Waals surface area (Å²) in [5, 5.41) is -0.378. The predicted molar refractivity (Wildman–Crippen MR) is 77.5 cm³/mol. The monoisotopic (exact) mass is 366 g/mol. The molecule has 0 spiro atoms. The van der Waals surface area contributed by atoms with E-state index in [-0.39, 0.29) is 11.1 Å². The first kappa shape index (κ1) is 14.8. The lowest BCUT2D eigenvalue weighted by molar-refractivity contribution is -0.0498. The maximum absolute atomic E-state index is 12.2. The summed E-state index contributed by atoms with van der Waals surface area (Å²) in [4.78, 5) is 2.08. The molecule has 1 heterocycles. The number of hydrogen-bond donors (Lipinski definition) is 0. The standard InChI is InChI=1S/C13H10BrClF2OS/c1-7-10(14)6-11(19-7)12(15)8-3-2-4-9(5-8)18-13(16)17/h2-6,12-13H,1H3. The number of halogens is 4. The Labute approximate surface area is 127 Å². The third-order valence-electron chi connectivity index (χ3n) is 2.50. The second-order valence-electron chi connectivity index (χ2n) is 3.87. The Morgan fingerprint density at radius 3 is 2.63 bits per heavy atom. The van der Waals surface area contributed by atoms with Crippen LogP contribution in [0, 0.1) is 6.92 Å². The molecule has 0 bridgehead atoms. The van der Waals surface area contributed by atoms with Crippen molar-refractivity contribution in [1.29, 1.82) is 0 Å². The van der Waals surface area contributed by atoms with Gasteiger partial charge in [0, 0.05) is 14.2 Å². The molecule has 2 aromatic rings. The van der Waals surface area contributed by atoms with Crippen LogP contribution in [-0.2, 0) is 0 Å². The Kier molecular flexibility index (Phi) is 4.81. The second-order valence-corrected chi connectivity index (χ2v) is 6.45. The minimum absolute atomic E-state index is 0.116. The van der Waals surface area contributed by atoms with Gasteiger partial charge in [-0.15, -0.1) is 22.9 Å². The third kappa shape index (κ3) is 3.68. The topological polar surface area (TPSA) is 9.23 Å². The molecule has 1 nitrogen and oxygen atoms in total. The van der Waals surface area contributed by atoms with Crippen LogP contribution in [-0.4, -0.2) is 6.61 Å². The van der Waals surface area contributed by atoms with Crippen LogP contribution in [0.3, 0.4) is 0 Å². The average molecular weight is 368 g/mol. The molecule has 0 saturated heterocycles. The molecule has 0 aliphatic carbocycles. The van der Waals surface area contributed by atoms with E-state index < -0.39 is 6.61 Å². The number of thiophene rings is 1. The van der Waals surface area contributed by atoms with E-state index in [1.165, 1.54) is 12.1 Å². The van der Waals surface area contributed by atoms with Gasteiger partial charge in [-0.1, -0.05) is 12.1 Å². The largest absolute Gasteiger partial charge is 0.435 e. The smallest absolute Gasteiger partial charge is 0.387 e. The fourth-order valence-corrected chi connectivity index (χ4v) is 3.52. The lowest BCUT2D eigenvalue weighted by Crippen LogP contribution is -2.02. The summed E-state index contributed by atoms with van der Waals surface area (Å²) in [7, 11) is 0. The van der Waals surface area contributed by atoms with E-state index in [0.29, 0.717) is 0 Å². The van der Waals surface area contributed by atoms with Crippen molar-refractivity contribution < 1.29 is 13.5 Å². The van der Waals surface area contributed by atoms with Gasteiger partial charge in [-0.3, -0.25) is 0 Å². The van der Waals surface area contributed by atoms with Crippen molar-refractivity contribution in [2.24, 2.45) is 0 Å². The molecule has 1 atom stereocenters. The Bertz CT molecular complexity index is 554. The van der Waals surface area contributed by atoms with Crippen LogP contribution in [0.1, 0.15) is 20.7 Å². The first-order chi connectivity index (χ1) is 8.97. The summed E-state index contributed by atoms with van der Waals surface area (Å²) in [6, 6.07) is 8.40. The predicted octanol–water partition coefficient (Wildman–Crippen LogP) is 5.75. The first-order valence-corrected chi connectivity index (χ1v) is 7.46. The summed E-state index contributed by atoms with van der Waals surface area (Å²) in [5.41, 5.74) is 0.730. The lowest BCUT2D eigenvalue weighted by atomic mass is 10.1. The van der Waals surface area contributed by atoms with Crippen molar-refractivity contribution in [3.63, 3.8) is 0 Å². The number of ether oxygens (including phenoxy) is 1. The van der Waals surface area contributed by atoms with Gasteiger partial charge in [-0.25, -0.2) is 0 Å². The molecule has 1 aromatic heterocycles. The van der Waals surface area contributed by atoms with Gasteiger partial charge in [0.15, 0.2) is 0 Å². The van der Waals surface area contributed by atoms with Crippen molar-refractivity contribution in [3.8, 4) is 5.75 Å². The molecule has 0 N–H and O–H groups in total. The molecule has 0 radical (unpaired) electrons. The zero-order valence-corrected chi connectivity index (χ0v) is 13.0. The highest BCUT2D eigenvalue weighted by Crippen LogP contribution is 2.38. The van der Waals surface area contributed by atoms with Crippen LogP contribution in [0.2, 0.25) is 0 Å². The fourth-order valence-electron chi connectivity index (χ4n) is 1.62. The van der Waals surface area contributed by atoms with Gasteiger partial charge >= 0.3 is 6.61 Å². The van der Waals surface area contributed by atoms with E-state index in [9.17, 15) is 8.78 Å². The molecule has 6 heteroatoms. The minimum atomic E-state index is -2.83.